The molecule has 0 saturated heterocycles. The van der Waals surface area contributed by atoms with E-state index in [0.29, 0.717) is 19.6 Å². The molecule has 1 aromatic carbocycles. The average Bonchev–Trinajstić information content (AvgIpc) is 2.48. The summed E-state index contributed by atoms with van der Waals surface area (Å²) in [5.74, 6) is -1.46. The molecule has 0 unspecified atom stereocenters. The van der Waals surface area contributed by atoms with Crippen LogP contribution in [0.1, 0.15) is 33.3 Å². The molecule has 0 aliphatic carbocycles. The molecule has 22 heavy (non-hydrogen) atoms. The van der Waals surface area contributed by atoms with Gasteiger partial charge >= 0.3 is 11.9 Å². The van der Waals surface area contributed by atoms with Gasteiger partial charge in [0.2, 0.25) is 0 Å². The van der Waals surface area contributed by atoms with E-state index in [1.807, 2.05) is 58.0 Å². The minimum atomic E-state index is -0.903. The Hall–Kier alpha value is -1.84. The first kappa shape index (κ1) is 18.2. The molecular weight excluding hydrogens is 280 g/mol. The molecule has 4 heteroatoms. The highest BCUT2D eigenvalue weighted by Crippen LogP contribution is 2.14. The third-order valence-corrected chi connectivity index (χ3v) is 2.97. The van der Waals surface area contributed by atoms with Gasteiger partial charge in [-0.2, -0.15) is 0 Å². The molecule has 0 fully saturated rings. The molecule has 0 heterocycles. The second-order valence-corrected chi connectivity index (χ2v) is 6.29. The van der Waals surface area contributed by atoms with Crippen molar-refractivity contribution >= 4 is 11.9 Å². The highest BCUT2D eigenvalue weighted by Gasteiger charge is 2.30. The second kappa shape index (κ2) is 9.23. The Morgan fingerprint density at radius 2 is 1.32 bits per heavy atom. The van der Waals surface area contributed by atoms with Gasteiger partial charge in [0, 0.05) is 0 Å². The number of ether oxygens (including phenoxy) is 2. The van der Waals surface area contributed by atoms with Crippen molar-refractivity contribution in [2.45, 2.75) is 34.1 Å². The summed E-state index contributed by atoms with van der Waals surface area (Å²) in [6.07, 6.45) is 0.300. The fourth-order valence-electron chi connectivity index (χ4n) is 1.81. The topological polar surface area (TPSA) is 52.6 Å². The standard InChI is InChI=1S/C18H26O4/c1-13(2)11-21-17(19)16(18(20)22-12-14(3)4)10-15-8-6-5-7-9-15/h5-9,13-14,16H,10-12H2,1-4H3. The van der Waals surface area contributed by atoms with Crippen LogP contribution >= 0.6 is 0 Å². The normalized spacial score (nSPS) is 11.0. The molecule has 4 nitrogen and oxygen atoms in total. The molecule has 0 radical (unpaired) electrons. The first-order valence-electron chi connectivity index (χ1n) is 7.77. The lowest BCUT2D eigenvalue weighted by atomic mass is 9.99. The Labute approximate surface area is 132 Å². The summed E-state index contributed by atoms with van der Waals surface area (Å²) in [6.45, 7) is 8.43. The summed E-state index contributed by atoms with van der Waals surface area (Å²) in [6, 6.07) is 9.43. The molecule has 0 atom stereocenters. The lowest BCUT2D eigenvalue weighted by Gasteiger charge is -2.17. The van der Waals surface area contributed by atoms with E-state index >= 15 is 0 Å². The van der Waals surface area contributed by atoms with Crippen molar-refractivity contribution in [3.05, 3.63) is 35.9 Å². The van der Waals surface area contributed by atoms with Crippen molar-refractivity contribution in [3.8, 4) is 0 Å². The van der Waals surface area contributed by atoms with Crippen LogP contribution in [0, 0.1) is 17.8 Å². The van der Waals surface area contributed by atoms with Crippen LogP contribution in [0.3, 0.4) is 0 Å². The van der Waals surface area contributed by atoms with Crippen LogP contribution in [0.5, 0.6) is 0 Å². The zero-order valence-corrected chi connectivity index (χ0v) is 13.9. The number of esters is 2. The number of rotatable bonds is 8. The molecule has 0 aliphatic heterocycles. The SMILES string of the molecule is CC(C)COC(=O)C(Cc1ccccc1)C(=O)OCC(C)C. The molecule has 0 saturated carbocycles. The maximum Gasteiger partial charge on any atom is 0.320 e. The third kappa shape index (κ3) is 6.74. The fraction of sp³-hybridized carbons (Fsp3) is 0.556. The van der Waals surface area contributed by atoms with Gasteiger partial charge in [-0.05, 0) is 23.8 Å². The third-order valence-electron chi connectivity index (χ3n) is 2.97. The van der Waals surface area contributed by atoms with Gasteiger partial charge in [0.05, 0.1) is 13.2 Å². The van der Waals surface area contributed by atoms with Gasteiger partial charge in [-0.15, -0.1) is 0 Å². The van der Waals surface area contributed by atoms with Gasteiger partial charge < -0.3 is 9.47 Å². The molecule has 0 aliphatic rings. The summed E-state index contributed by atoms with van der Waals surface area (Å²) >= 11 is 0. The van der Waals surface area contributed by atoms with E-state index in [1.165, 1.54) is 0 Å². The van der Waals surface area contributed by atoms with Gasteiger partial charge in [-0.1, -0.05) is 58.0 Å². The van der Waals surface area contributed by atoms with Crippen LogP contribution in [0.25, 0.3) is 0 Å². The Morgan fingerprint density at radius 3 is 1.73 bits per heavy atom. The first-order valence-corrected chi connectivity index (χ1v) is 7.77. The Bertz CT molecular complexity index is 441. The maximum absolute atomic E-state index is 12.2. The predicted octanol–water partition coefficient (Wildman–Crippen LogP) is 3.24. The number of hydrogen-bond donors (Lipinski definition) is 0. The molecular formula is C18H26O4. The Kier molecular flexibility index (Phi) is 7.64. The summed E-state index contributed by atoms with van der Waals surface area (Å²) in [5.41, 5.74) is 0.912. The van der Waals surface area contributed by atoms with Gasteiger partial charge in [-0.3, -0.25) is 9.59 Å². The quantitative estimate of drug-likeness (QED) is 0.546. The molecule has 0 amide bonds. The molecule has 1 rings (SSSR count). The minimum Gasteiger partial charge on any atom is -0.465 e. The Balaban J connectivity index is 2.75. The van der Waals surface area contributed by atoms with E-state index in [4.69, 9.17) is 9.47 Å². The highest BCUT2D eigenvalue weighted by atomic mass is 16.6. The van der Waals surface area contributed by atoms with Crippen LogP contribution in [0.15, 0.2) is 30.3 Å². The summed E-state index contributed by atoms with van der Waals surface area (Å²) in [5, 5.41) is 0. The van der Waals surface area contributed by atoms with Crippen LogP contribution < -0.4 is 0 Å². The molecule has 0 aromatic heterocycles. The average molecular weight is 306 g/mol. The summed E-state index contributed by atoms with van der Waals surface area (Å²) in [7, 11) is 0. The molecule has 0 spiro atoms. The predicted molar refractivity (Wildman–Crippen MR) is 85.2 cm³/mol. The van der Waals surface area contributed by atoms with Crippen molar-refractivity contribution in [2.24, 2.45) is 17.8 Å². The Morgan fingerprint density at radius 1 is 0.864 bits per heavy atom. The first-order chi connectivity index (χ1) is 10.4. The van der Waals surface area contributed by atoms with E-state index < -0.39 is 17.9 Å². The number of carbonyl (C=O) groups is 2. The van der Waals surface area contributed by atoms with Crippen LogP contribution in [-0.4, -0.2) is 25.2 Å². The van der Waals surface area contributed by atoms with E-state index in [1.54, 1.807) is 0 Å². The van der Waals surface area contributed by atoms with E-state index in [9.17, 15) is 9.59 Å². The van der Waals surface area contributed by atoms with E-state index in [2.05, 4.69) is 0 Å². The van der Waals surface area contributed by atoms with Crippen molar-refractivity contribution in [1.82, 2.24) is 0 Å². The molecule has 0 bridgehead atoms. The van der Waals surface area contributed by atoms with Gasteiger partial charge in [0.1, 0.15) is 0 Å². The highest BCUT2D eigenvalue weighted by molar-refractivity contribution is 5.95. The van der Waals surface area contributed by atoms with Crippen LogP contribution in [-0.2, 0) is 25.5 Å². The van der Waals surface area contributed by atoms with Gasteiger partial charge in [0.25, 0.3) is 0 Å². The summed E-state index contributed by atoms with van der Waals surface area (Å²) < 4.78 is 10.5. The van der Waals surface area contributed by atoms with Gasteiger partial charge in [-0.25, -0.2) is 0 Å². The minimum absolute atomic E-state index is 0.230. The zero-order chi connectivity index (χ0) is 16.5. The smallest absolute Gasteiger partial charge is 0.320 e. The fourth-order valence-corrected chi connectivity index (χ4v) is 1.81. The van der Waals surface area contributed by atoms with Crippen molar-refractivity contribution < 1.29 is 19.1 Å². The van der Waals surface area contributed by atoms with E-state index in [-0.39, 0.29) is 11.8 Å². The number of carbonyl (C=O) groups excluding carboxylic acids is 2. The maximum atomic E-state index is 12.2. The van der Waals surface area contributed by atoms with Crippen molar-refractivity contribution in [2.75, 3.05) is 13.2 Å². The van der Waals surface area contributed by atoms with Crippen molar-refractivity contribution in [1.29, 1.82) is 0 Å². The van der Waals surface area contributed by atoms with Crippen molar-refractivity contribution in [3.63, 3.8) is 0 Å². The second-order valence-electron chi connectivity index (χ2n) is 6.29. The monoisotopic (exact) mass is 306 g/mol. The molecule has 122 valence electrons. The molecule has 1 aromatic rings. The lowest BCUT2D eigenvalue weighted by molar-refractivity contribution is -0.163. The zero-order valence-electron chi connectivity index (χ0n) is 13.9. The number of benzene rings is 1. The largest absolute Gasteiger partial charge is 0.465 e. The lowest BCUT2D eigenvalue weighted by Crippen LogP contribution is -2.31. The molecule has 0 N–H and O–H groups in total. The van der Waals surface area contributed by atoms with Gasteiger partial charge in [0.15, 0.2) is 5.92 Å². The van der Waals surface area contributed by atoms with Crippen LogP contribution in [0.4, 0.5) is 0 Å². The van der Waals surface area contributed by atoms with Crippen LogP contribution in [0.2, 0.25) is 0 Å². The summed E-state index contributed by atoms with van der Waals surface area (Å²) in [4.78, 5) is 24.4. The van der Waals surface area contributed by atoms with E-state index in [0.717, 1.165) is 5.56 Å². The number of hydrogen-bond acceptors (Lipinski definition) is 4.